The van der Waals surface area contributed by atoms with Crippen molar-refractivity contribution in [3.63, 3.8) is 0 Å². The fourth-order valence-electron chi connectivity index (χ4n) is 0.888. The Morgan fingerprint density at radius 1 is 1.54 bits per heavy atom. The minimum absolute atomic E-state index is 0.680. The average Bonchev–Trinajstić information content (AvgIpc) is 2.15. The first-order valence-electron chi connectivity index (χ1n) is 4.18. The zero-order valence-electron chi connectivity index (χ0n) is 7.67. The fourth-order valence-corrected chi connectivity index (χ4v) is 0.888. The van der Waals surface area contributed by atoms with Crippen molar-refractivity contribution in [1.82, 2.24) is 4.98 Å². The number of nitrogens with zero attached hydrogens (tertiary/aromatic N) is 1. The van der Waals surface area contributed by atoms with Gasteiger partial charge in [0.25, 0.3) is 0 Å². The minimum atomic E-state index is 0.680. The molecule has 1 rings (SSSR count). The highest BCUT2D eigenvalue weighted by Gasteiger charge is 1.90. The molecular formula is C10H13N3. The van der Waals surface area contributed by atoms with Gasteiger partial charge in [-0.2, -0.15) is 0 Å². The first kappa shape index (κ1) is 9.40. The third-order valence-electron chi connectivity index (χ3n) is 1.52. The molecule has 0 aliphatic carbocycles. The van der Waals surface area contributed by atoms with Crippen LogP contribution in [0.1, 0.15) is 13.3 Å². The molecule has 0 aliphatic rings. The van der Waals surface area contributed by atoms with Gasteiger partial charge in [-0.3, -0.25) is 0 Å². The first-order valence-corrected chi connectivity index (χ1v) is 4.18. The molecule has 13 heavy (non-hydrogen) atoms. The van der Waals surface area contributed by atoms with Gasteiger partial charge < -0.3 is 11.1 Å². The number of aromatic nitrogens is 1. The van der Waals surface area contributed by atoms with E-state index < -0.39 is 0 Å². The van der Waals surface area contributed by atoms with Crippen molar-refractivity contribution >= 4 is 11.5 Å². The molecule has 0 atom stereocenters. The summed E-state index contributed by atoms with van der Waals surface area (Å²) in [6, 6.07) is 3.68. The van der Waals surface area contributed by atoms with Crippen molar-refractivity contribution < 1.29 is 0 Å². The molecule has 68 valence electrons. The van der Waals surface area contributed by atoms with Crippen LogP contribution in [0.15, 0.2) is 18.3 Å². The van der Waals surface area contributed by atoms with Gasteiger partial charge in [0.05, 0.1) is 11.9 Å². The van der Waals surface area contributed by atoms with Crippen LogP contribution in [0.4, 0.5) is 11.5 Å². The largest absolute Gasteiger partial charge is 0.397 e. The number of anilines is 2. The molecule has 0 saturated carbocycles. The van der Waals surface area contributed by atoms with Gasteiger partial charge in [-0.1, -0.05) is 0 Å². The third-order valence-corrected chi connectivity index (χ3v) is 1.52. The van der Waals surface area contributed by atoms with Crippen LogP contribution >= 0.6 is 0 Å². The zero-order chi connectivity index (χ0) is 9.52. The predicted molar refractivity (Wildman–Crippen MR) is 55.2 cm³/mol. The van der Waals surface area contributed by atoms with Crippen LogP contribution in [0, 0.1) is 11.8 Å². The molecule has 0 fully saturated rings. The molecule has 3 nitrogen and oxygen atoms in total. The molecule has 0 bridgehead atoms. The van der Waals surface area contributed by atoms with E-state index in [1.54, 1.807) is 6.20 Å². The van der Waals surface area contributed by atoms with Gasteiger partial charge in [0.15, 0.2) is 0 Å². The van der Waals surface area contributed by atoms with Crippen LogP contribution in [0.3, 0.4) is 0 Å². The SMILES string of the molecule is CC#CCCNc1ccc(N)cn1. The zero-order valence-corrected chi connectivity index (χ0v) is 7.67. The molecule has 1 aromatic rings. The summed E-state index contributed by atoms with van der Waals surface area (Å²) in [6.45, 7) is 2.65. The number of nitrogens with two attached hydrogens (primary N) is 1. The molecule has 0 spiro atoms. The van der Waals surface area contributed by atoms with E-state index in [9.17, 15) is 0 Å². The molecule has 0 unspecified atom stereocenters. The van der Waals surface area contributed by atoms with Gasteiger partial charge in [0.2, 0.25) is 0 Å². The summed E-state index contributed by atoms with van der Waals surface area (Å²) in [5.74, 6) is 6.64. The molecule has 0 amide bonds. The molecule has 0 radical (unpaired) electrons. The smallest absolute Gasteiger partial charge is 0.126 e. The van der Waals surface area contributed by atoms with E-state index in [4.69, 9.17) is 5.73 Å². The Bertz CT molecular complexity index is 305. The topological polar surface area (TPSA) is 50.9 Å². The van der Waals surface area contributed by atoms with Crippen molar-refractivity contribution in [1.29, 1.82) is 0 Å². The minimum Gasteiger partial charge on any atom is -0.397 e. The number of hydrogen-bond acceptors (Lipinski definition) is 3. The third kappa shape index (κ3) is 3.48. The van der Waals surface area contributed by atoms with Gasteiger partial charge in [-0.05, 0) is 19.1 Å². The summed E-state index contributed by atoms with van der Waals surface area (Å²) >= 11 is 0. The van der Waals surface area contributed by atoms with Crippen LogP contribution in [-0.2, 0) is 0 Å². The Labute approximate surface area is 78.4 Å². The second-order valence-corrected chi connectivity index (χ2v) is 2.58. The predicted octanol–water partition coefficient (Wildman–Crippen LogP) is 1.49. The number of rotatable bonds is 3. The maximum Gasteiger partial charge on any atom is 0.126 e. The Hall–Kier alpha value is -1.69. The molecule has 1 heterocycles. The quantitative estimate of drug-likeness (QED) is 0.540. The van der Waals surface area contributed by atoms with Crippen molar-refractivity contribution in [2.24, 2.45) is 0 Å². The van der Waals surface area contributed by atoms with Crippen LogP contribution in [0.5, 0.6) is 0 Å². The lowest BCUT2D eigenvalue weighted by Gasteiger charge is -2.02. The van der Waals surface area contributed by atoms with Gasteiger partial charge >= 0.3 is 0 Å². The number of pyridine rings is 1. The highest BCUT2D eigenvalue weighted by atomic mass is 15.0. The van der Waals surface area contributed by atoms with E-state index in [2.05, 4.69) is 22.1 Å². The van der Waals surface area contributed by atoms with Crippen molar-refractivity contribution in [2.75, 3.05) is 17.6 Å². The molecule has 1 aromatic heterocycles. The summed E-state index contributed by atoms with van der Waals surface area (Å²) in [5.41, 5.74) is 6.17. The van der Waals surface area contributed by atoms with E-state index in [1.165, 1.54) is 0 Å². The molecule has 0 aliphatic heterocycles. The van der Waals surface area contributed by atoms with Crippen LogP contribution in [0.25, 0.3) is 0 Å². The monoisotopic (exact) mass is 175 g/mol. The maximum atomic E-state index is 5.49. The average molecular weight is 175 g/mol. The van der Waals surface area contributed by atoms with Crippen LogP contribution in [-0.4, -0.2) is 11.5 Å². The highest BCUT2D eigenvalue weighted by Crippen LogP contribution is 2.05. The van der Waals surface area contributed by atoms with Crippen LogP contribution < -0.4 is 11.1 Å². The van der Waals surface area contributed by atoms with Gasteiger partial charge in [0, 0.05) is 13.0 Å². The van der Waals surface area contributed by atoms with E-state index in [1.807, 2.05) is 19.1 Å². The van der Waals surface area contributed by atoms with E-state index >= 15 is 0 Å². The Kier molecular flexibility index (Phi) is 3.65. The summed E-state index contributed by atoms with van der Waals surface area (Å²) in [4.78, 5) is 4.09. The molecule has 3 N–H and O–H groups in total. The molecular weight excluding hydrogens is 162 g/mol. The first-order chi connectivity index (χ1) is 6.33. The van der Waals surface area contributed by atoms with E-state index in [0.29, 0.717) is 5.69 Å². The fraction of sp³-hybridized carbons (Fsp3) is 0.300. The van der Waals surface area contributed by atoms with Gasteiger partial charge in [-0.15, -0.1) is 11.8 Å². The maximum absolute atomic E-state index is 5.49. The summed E-state index contributed by atoms with van der Waals surface area (Å²) in [5, 5.41) is 3.14. The number of nitrogens with one attached hydrogen (secondary N) is 1. The highest BCUT2D eigenvalue weighted by molar-refractivity contribution is 5.43. The lowest BCUT2D eigenvalue weighted by atomic mass is 10.4. The second kappa shape index (κ2) is 5.04. The summed E-state index contributed by atoms with van der Waals surface area (Å²) in [7, 11) is 0. The summed E-state index contributed by atoms with van der Waals surface area (Å²) in [6.07, 6.45) is 2.47. The second-order valence-electron chi connectivity index (χ2n) is 2.58. The Morgan fingerprint density at radius 2 is 2.38 bits per heavy atom. The summed E-state index contributed by atoms with van der Waals surface area (Å²) < 4.78 is 0. The molecule has 0 saturated heterocycles. The standard InChI is InChI=1S/C10H13N3/c1-2-3-4-7-12-10-6-5-9(11)8-13-10/h5-6,8H,4,7,11H2,1H3,(H,12,13). The van der Waals surface area contributed by atoms with Gasteiger partial charge in [-0.25, -0.2) is 4.98 Å². The normalized spacial score (nSPS) is 8.69. The van der Waals surface area contributed by atoms with Crippen LogP contribution in [0.2, 0.25) is 0 Å². The van der Waals surface area contributed by atoms with Crippen molar-refractivity contribution in [3.8, 4) is 11.8 Å². The van der Waals surface area contributed by atoms with Crippen molar-refractivity contribution in [3.05, 3.63) is 18.3 Å². The lowest BCUT2D eigenvalue weighted by Crippen LogP contribution is -2.02. The molecule has 0 aromatic carbocycles. The van der Waals surface area contributed by atoms with E-state index in [0.717, 1.165) is 18.8 Å². The Balaban J connectivity index is 2.36. The Morgan fingerprint density at radius 3 is 3.00 bits per heavy atom. The van der Waals surface area contributed by atoms with Gasteiger partial charge in [0.1, 0.15) is 5.82 Å². The lowest BCUT2D eigenvalue weighted by molar-refractivity contribution is 1.07. The van der Waals surface area contributed by atoms with Crippen molar-refractivity contribution in [2.45, 2.75) is 13.3 Å². The molecule has 3 heteroatoms. The van der Waals surface area contributed by atoms with E-state index in [-0.39, 0.29) is 0 Å². The number of nitrogen functional groups attached to an aromatic ring is 1. The number of hydrogen-bond donors (Lipinski definition) is 2.